The van der Waals surface area contributed by atoms with Crippen LogP contribution >= 0.6 is 0 Å². The molecule has 1 fully saturated rings. The molecule has 1 saturated carbocycles. The largest absolute Gasteiger partial charge is 0.490 e. The van der Waals surface area contributed by atoms with Gasteiger partial charge < -0.3 is 30.1 Å². The van der Waals surface area contributed by atoms with Crippen LogP contribution in [0.5, 0.6) is 11.5 Å². The number of carbonyl (C=O) groups excluding carboxylic acids is 1. The minimum Gasteiger partial charge on any atom is -0.490 e. The summed E-state index contributed by atoms with van der Waals surface area (Å²) < 4.78 is 11.2. The average molecular weight is 337 g/mol. The van der Waals surface area contributed by atoms with Crippen LogP contribution in [0.1, 0.15) is 42.1 Å². The minimum absolute atomic E-state index is 0.246. The maximum atomic E-state index is 12.4. The van der Waals surface area contributed by atoms with Gasteiger partial charge in [0.1, 0.15) is 12.2 Å². The van der Waals surface area contributed by atoms with Gasteiger partial charge in [0.15, 0.2) is 11.5 Å². The van der Waals surface area contributed by atoms with Crippen molar-refractivity contribution in [2.75, 3.05) is 13.2 Å². The van der Waals surface area contributed by atoms with Crippen LogP contribution in [0.25, 0.3) is 0 Å². The zero-order chi connectivity index (χ0) is 17.4. The first kappa shape index (κ1) is 17.0. The molecule has 7 heteroatoms. The molecular weight excluding hydrogens is 314 g/mol. The second-order valence-corrected chi connectivity index (χ2v) is 6.14. The van der Waals surface area contributed by atoms with Gasteiger partial charge in [0, 0.05) is 11.5 Å². The maximum Gasteiger partial charge on any atom is 0.252 e. The molecule has 0 radical (unpaired) electrons. The number of fused-ring (bicyclic) bond motifs is 3. The van der Waals surface area contributed by atoms with Crippen molar-refractivity contribution >= 4 is 5.91 Å². The monoisotopic (exact) mass is 337 g/mol. The second kappa shape index (κ2) is 6.58. The molecule has 3 rings (SSSR count). The summed E-state index contributed by atoms with van der Waals surface area (Å²) >= 11 is 0. The lowest BCUT2D eigenvalue weighted by atomic mass is 9.72. The minimum atomic E-state index is -1.28. The molecule has 1 aliphatic heterocycles. The summed E-state index contributed by atoms with van der Waals surface area (Å²) in [6.45, 7) is 4.59. The van der Waals surface area contributed by atoms with Gasteiger partial charge >= 0.3 is 0 Å². The molecule has 0 bridgehead atoms. The third-order valence-corrected chi connectivity index (χ3v) is 4.70. The van der Waals surface area contributed by atoms with E-state index in [0.717, 1.165) is 0 Å². The highest BCUT2D eigenvalue weighted by Gasteiger charge is 2.47. The van der Waals surface area contributed by atoms with Crippen LogP contribution in [0, 0.1) is 0 Å². The molecule has 0 saturated heterocycles. The van der Waals surface area contributed by atoms with E-state index in [1.807, 2.05) is 13.8 Å². The lowest BCUT2D eigenvalue weighted by Gasteiger charge is -2.44. The Balaban J connectivity index is 2.06. The van der Waals surface area contributed by atoms with Crippen molar-refractivity contribution in [3.8, 4) is 11.5 Å². The Labute approximate surface area is 140 Å². The third-order valence-electron chi connectivity index (χ3n) is 4.70. The maximum absolute atomic E-state index is 12.4. The molecule has 0 aromatic heterocycles. The number of carbonyl (C=O) groups is 1. The number of amides is 1. The van der Waals surface area contributed by atoms with Gasteiger partial charge in [0.05, 0.1) is 25.4 Å². The van der Waals surface area contributed by atoms with Crippen LogP contribution in [0.3, 0.4) is 0 Å². The van der Waals surface area contributed by atoms with Crippen molar-refractivity contribution in [1.82, 2.24) is 5.32 Å². The smallest absolute Gasteiger partial charge is 0.252 e. The van der Waals surface area contributed by atoms with Gasteiger partial charge in [-0.15, -0.1) is 0 Å². The van der Waals surface area contributed by atoms with Gasteiger partial charge in [0.25, 0.3) is 5.91 Å². The normalized spacial score (nSPS) is 31.7. The van der Waals surface area contributed by atoms with E-state index in [-0.39, 0.29) is 18.2 Å². The highest BCUT2D eigenvalue weighted by Crippen LogP contribution is 2.42. The van der Waals surface area contributed by atoms with Gasteiger partial charge in [-0.1, -0.05) is 0 Å². The summed E-state index contributed by atoms with van der Waals surface area (Å²) in [5.41, 5.74) is 1.14. The first-order valence-electron chi connectivity index (χ1n) is 8.26. The lowest BCUT2D eigenvalue weighted by Crippen LogP contribution is -2.61. The third kappa shape index (κ3) is 2.72. The number of nitrogens with one attached hydrogen (secondary N) is 1. The number of ether oxygens (including phenoxy) is 2. The van der Waals surface area contributed by atoms with Crippen molar-refractivity contribution in [1.29, 1.82) is 0 Å². The Morgan fingerprint density at radius 3 is 2.33 bits per heavy atom. The molecule has 132 valence electrons. The highest BCUT2D eigenvalue weighted by molar-refractivity contribution is 5.98. The van der Waals surface area contributed by atoms with Crippen molar-refractivity contribution < 1.29 is 29.6 Å². The average Bonchev–Trinajstić information content (AvgIpc) is 2.56. The molecule has 1 aliphatic carbocycles. The molecule has 1 aromatic rings. The van der Waals surface area contributed by atoms with Gasteiger partial charge in [-0.2, -0.15) is 0 Å². The Bertz CT molecular complexity index is 634. The van der Waals surface area contributed by atoms with E-state index in [4.69, 9.17) is 9.47 Å². The fourth-order valence-electron chi connectivity index (χ4n) is 3.58. The first-order valence-corrected chi connectivity index (χ1v) is 8.26. The molecule has 1 aromatic carbocycles. The van der Waals surface area contributed by atoms with Gasteiger partial charge in [-0.3, -0.25) is 4.79 Å². The number of aliphatic hydroxyl groups is 3. The fourth-order valence-corrected chi connectivity index (χ4v) is 3.58. The second-order valence-electron chi connectivity index (χ2n) is 6.14. The Morgan fingerprint density at radius 2 is 1.71 bits per heavy atom. The van der Waals surface area contributed by atoms with Crippen molar-refractivity contribution in [2.45, 2.75) is 50.5 Å². The molecule has 0 spiro atoms. The topological polar surface area (TPSA) is 108 Å². The van der Waals surface area contributed by atoms with Crippen LogP contribution in [0.4, 0.5) is 0 Å². The summed E-state index contributed by atoms with van der Waals surface area (Å²) in [6.07, 6.45) is -3.30. The van der Waals surface area contributed by atoms with Crippen LogP contribution in [0.15, 0.2) is 12.1 Å². The number of rotatable bonds is 4. The standard InChI is InChI=1S/C17H23NO6/c1-3-23-12-6-8-9-5-11(19)15(20)16(21)14(9)18-17(22)10(8)7-13(12)24-4-2/h6-7,9,11,14-16,19-21H,3-5H2,1-2H3,(H,18,22). The molecule has 5 unspecified atom stereocenters. The van der Waals surface area contributed by atoms with E-state index in [1.54, 1.807) is 12.1 Å². The Hall–Kier alpha value is -1.83. The number of aliphatic hydroxyl groups excluding tert-OH is 3. The molecule has 7 nitrogen and oxygen atoms in total. The van der Waals surface area contributed by atoms with E-state index in [2.05, 4.69) is 5.32 Å². The van der Waals surface area contributed by atoms with Crippen LogP contribution in [0.2, 0.25) is 0 Å². The van der Waals surface area contributed by atoms with Crippen LogP contribution < -0.4 is 14.8 Å². The number of hydrogen-bond acceptors (Lipinski definition) is 6. The lowest BCUT2D eigenvalue weighted by molar-refractivity contribution is -0.104. The van der Waals surface area contributed by atoms with Crippen LogP contribution in [-0.2, 0) is 0 Å². The van der Waals surface area contributed by atoms with E-state index < -0.39 is 24.4 Å². The molecular formula is C17H23NO6. The highest BCUT2D eigenvalue weighted by atomic mass is 16.5. The van der Waals surface area contributed by atoms with Crippen molar-refractivity contribution in [3.63, 3.8) is 0 Å². The van der Waals surface area contributed by atoms with Crippen LogP contribution in [-0.4, -0.2) is 58.8 Å². The Morgan fingerprint density at radius 1 is 1.08 bits per heavy atom. The van der Waals surface area contributed by atoms with E-state index >= 15 is 0 Å². The SMILES string of the molecule is CCOc1cc2c(cc1OCC)C1CC(O)C(O)C(O)C1NC2=O. The van der Waals surface area contributed by atoms with Gasteiger partial charge in [-0.05, 0) is 38.0 Å². The molecule has 4 N–H and O–H groups in total. The van der Waals surface area contributed by atoms with E-state index in [1.165, 1.54) is 0 Å². The molecule has 2 aliphatic rings. The molecule has 24 heavy (non-hydrogen) atoms. The quantitative estimate of drug-likeness (QED) is 0.624. The summed E-state index contributed by atoms with van der Waals surface area (Å²) in [7, 11) is 0. The van der Waals surface area contributed by atoms with Gasteiger partial charge in [0.2, 0.25) is 0 Å². The summed E-state index contributed by atoms with van der Waals surface area (Å²) in [6, 6.07) is 2.74. The summed E-state index contributed by atoms with van der Waals surface area (Å²) in [4.78, 5) is 12.4. The van der Waals surface area contributed by atoms with Crippen molar-refractivity contribution in [3.05, 3.63) is 23.3 Å². The van der Waals surface area contributed by atoms with E-state index in [9.17, 15) is 20.1 Å². The molecule has 1 heterocycles. The fraction of sp³-hybridized carbons (Fsp3) is 0.588. The summed E-state index contributed by atoms with van der Waals surface area (Å²) in [5, 5.41) is 32.8. The van der Waals surface area contributed by atoms with Gasteiger partial charge in [-0.25, -0.2) is 0 Å². The van der Waals surface area contributed by atoms with E-state index in [0.29, 0.717) is 35.8 Å². The predicted molar refractivity (Wildman–Crippen MR) is 85.4 cm³/mol. The zero-order valence-electron chi connectivity index (χ0n) is 13.7. The molecule has 5 atom stereocenters. The van der Waals surface area contributed by atoms with Crippen molar-refractivity contribution in [2.24, 2.45) is 0 Å². The molecule has 1 amide bonds. The number of hydrogen-bond donors (Lipinski definition) is 4. The number of benzene rings is 1. The predicted octanol–water partition coefficient (Wildman–Crippen LogP) is 0.166. The Kier molecular flexibility index (Phi) is 4.67. The first-order chi connectivity index (χ1) is 11.5. The zero-order valence-corrected chi connectivity index (χ0v) is 13.7. The summed E-state index contributed by atoms with van der Waals surface area (Å²) in [5.74, 6) is 0.379.